The van der Waals surface area contributed by atoms with E-state index in [1.54, 1.807) is 12.3 Å². The van der Waals surface area contributed by atoms with Crippen LogP contribution >= 0.6 is 23.4 Å². The molecule has 1 aromatic carbocycles. The minimum absolute atomic E-state index is 0.0203. The summed E-state index contributed by atoms with van der Waals surface area (Å²) in [6.07, 6.45) is 6.10. The van der Waals surface area contributed by atoms with Gasteiger partial charge in [0.15, 0.2) is 22.5 Å². The highest BCUT2D eigenvalue weighted by Crippen LogP contribution is 2.29. The molecule has 0 bridgehead atoms. The topological polar surface area (TPSA) is 79.0 Å². The Labute approximate surface area is 189 Å². The number of pyridine rings is 1. The summed E-state index contributed by atoms with van der Waals surface area (Å²) in [6.45, 7) is 3.24. The molecule has 0 aliphatic carbocycles. The normalized spacial score (nSPS) is 10.9. The number of aromatic nitrogens is 4. The Morgan fingerprint density at radius 1 is 1.19 bits per heavy atom. The van der Waals surface area contributed by atoms with Gasteiger partial charge in [-0.1, -0.05) is 29.4 Å². The first-order chi connectivity index (χ1) is 15.3. The Kier molecular flexibility index (Phi) is 7.41. The highest BCUT2D eigenvalue weighted by atomic mass is 35.5. The van der Waals surface area contributed by atoms with Crippen LogP contribution in [0.25, 0.3) is 5.69 Å². The first-order valence-electron chi connectivity index (χ1n) is 9.07. The van der Waals surface area contributed by atoms with Gasteiger partial charge in [0.05, 0.1) is 19.3 Å². The standard InChI is InChI=1S/C20H16ClF3N4O3S/c1-3-4-5-31-17-12(21)8-25-9-16(17)28-18(29)26-19(32-2)27(20(28)30)10-11-6-14(23)15(24)7-13(11)22/h3,6-9H,1,4-5,10H2,2H3. The summed E-state index contributed by atoms with van der Waals surface area (Å²) in [5, 5.41) is -0.00509. The Morgan fingerprint density at radius 2 is 1.91 bits per heavy atom. The third kappa shape index (κ3) is 4.73. The number of thioether (sulfide) groups is 1. The molecule has 0 radical (unpaired) electrons. The first kappa shape index (κ1) is 23.6. The van der Waals surface area contributed by atoms with Crippen molar-refractivity contribution in [2.24, 2.45) is 0 Å². The van der Waals surface area contributed by atoms with E-state index in [0.717, 1.165) is 16.3 Å². The fourth-order valence-corrected chi connectivity index (χ4v) is 3.53. The van der Waals surface area contributed by atoms with Crippen LogP contribution in [-0.2, 0) is 6.54 Å². The van der Waals surface area contributed by atoms with Crippen LogP contribution in [0.5, 0.6) is 5.75 Å². The molecule has 32 heavy (non-hydrogen) atoms. The van der Waals surface area contributed by atoms with Crippen LogP contribution in [0, 0.1) is 17.5 Å². The van der Waals surface area contributed by atoms with E-state index >= 15 is 0 Å². The Bertz CT molecular complexity index is 1300. The molecular weight excluding hydrogens is 469 g/mol. The van der Waals surface area contributed by atoms with Crippen molar-refractivity contribution in [3.05, 3.63) is 86.2 Å². The van der Waals surface area contributed by atoms with Crippen molar-refractivity contribution in [3.63, 3.8) is 0 Å². The molecule has 0 fully saturated rings. The lowest BCUT2D eigenvalue weighted by atomic mass is 10.2. The summed E-state index contributed by atoms with van der Waals surface area (Å²) in [5.74, 6) is -3.68. The van der Waals surface area contributed by atoms with E-state index in [2.05, 4.69) is 16.5 Å². The van der Waals surface area contributed by atoms with E-state index in [-0.39, 0.29) is 33.8 Å². The van der Waals surface area contributed by atoms with Gasteiger partial charge in [0.2, 0.25) is 0 Å². The summed E-state index contributed by atoms with van der Waals surface area (Å²) < 4.78 is 48.4. The van der Waals surface area contributed by atoms with Crippen LogP contribution in [0.2, 0.25) is 5.02 Å². The van der Waals surface area contributed by atoms with Crippen LogP contribution in [0.3, 0.4) is 0 Å². The molecule has 0 N–H and O–H groups in total. The maximum Gasteiger partial charge on any atom is 0.358 e. The quantitative estimate of drug-likeness (QED) is 0.210. The number of hydrogen-bond donors (Lipinski definition) is 0. The van der Waals surface area contributed by atoms with Gasteiger partial charge in [0.25, 0.3) is 0 Å². The molecule has 0 amide bonds. The number of ether oxygens (including phenoxy) is 1. The van der Waals surface area contributed by atoms with Gasteiger partial charge in [-0.25, -0.2) is 27.3 Å². The van der Waals surface area contributed by atoms with Crippen molar-refractivity contribution < 1.29 is 17.9 Å². The van der Waals surface area contributed by atoms with Crippen LogP contribution in [-0.4, -0.2) is 32.0 Å². The molecule has 0 atom stereocenters. The minimum Gasteiger partial charge on any atom is -0.489 e. The first-order valence-corrected chi connectivity index (χ1v) is 10.7. The van der Waals surface area contributed by atoms with E-state index in [1.165, 1.54) is 12.4 Å². The molecule has 2 heterocycles. The van der Waals surface area contributed by atoms with Crippen molar-refractivity contribution in [2.45, 2.75) is 18.1 Å². The molecule has 2 aromatic heterocycles. The molecule has 0 aliphatic rings. The molecule has 12 heteroatoms. The second kappa shape index (κ2) is 10.0. The predicted molar refractivity (Wildman–Crippen MR) is 114 cm³/mol. The van der Waals surface area contributed by atoms with Gasteiger partial charge in [-0.05, 0) is 18.7 Å². The Morgan fingerprint density at radius 3 is 2.59 bits per heavy atom. The van der Waals surface area contributed by atoms with Gasteiger partial charge in [-0.2, -0.15) is 4.98 Å². The lowest BCUT2D eigenvalue weighted by Gasteiger charge is -2.16. The third-order valence-electron chi connectivity index (χ3n) is 4.28. The van der Waals surface area contributed by atoms with Gasteiger partial charge in [-0.3, -0.25) is 9.55 Å². The highest BCUT2D eigenvalue weighted by Gasteiger charge is 2.21. The van der Waals surface area contributed by atoms with Crippen LogP contribution in [0.4, 0.5) is 13.2 Å². The molecule has 0 aliphatic heterocycles. The van der Waals surface area contributed by atoms with E-state index in [9.17, 15) is 22.8 Å². The minimum atomic E-state index is -1.36. The summed E-state index contributed by atoms with van der Waals surface area (Å²) in [5.41, 5.74) is -2.24. The van der Waals surface area contributed by atoms with Crippen molar-refractivity contribution in [1.29, 1.82) is 0 Å². The van der Waals surface area contributed by atoms with Crippen molar-refractivity contribution >= 4 is 23.4 Å². The van der Waals surface area contributed by atoms with Gasteiger partial charge in [0.1, 0.15) is 16.5 Å². The van der Waals surface area contributed by atoms with Crippen molar-refractivity contribution in [3.8, 4) is 11.4 Å². The largest absolute Gasteiger partial charge is 0.489 e. The summed E-state index contributed by atoms with van der Waals surface area (Å²) in [4.78, 5) is 33.7. The molecule has 0 spiro atoms. The number of nitrogens with zero attached hydrogens (tertiary/aromatic N) is 4. The van der Waals surface area contributed by atoms with E-state index in [4.69, 9.17) is 16.3 Å². The molecule has 3 rings (SSSR count). The number of halogens is 4. The summed E-state index contributed by atoms with van der Waals surface area (Å²) in [7, 11) is 0. The van der Waals surface area contributed by atoms with Gasteiger partial charge in [-0.15, -0.1) is 6.58 Å². The molecule has 7 nitrogen and oxygen atoms in total. The monoisotopic (exact) mass is 484 g/mol. The number of rotatable bonds is 8. The van der Waals surface area contributed by atoms with E-state index in [1.807, 2.05) is 0 Å². The van der Waals surface area contributed by atoms with Crippen LogP contribution < -0.4 is 16.1 Å². The van der Waals surface area contributed by atoms with Gasteiger partial charge in [0, 0.05) is 17.8 Å². The van der Waals surface area contributed by atoms with E-state index in [0.29, 0.717) is 23.1 Å². The SMILES string of the molecule is C=CCCOc1c(Cl)cncc1-n1c(=O)nc(SC)n(Cc2cc(F)c(F)cc2F)c1=O. The third-order valence-corrected chi connectivity index (χ3v) is 5.23. The Balaban J connectivity index is 2.20. The predicted octanol–water partition coefficient (Wildman–Crippen LogP) is 3.59. The molecule has 168 valence electrons. The smallest absolute Gasteiger partial charge is 0.358 e. The average molecular weight is 485 g/mol. The second-order valence-electron chi connectivity index (χ2n) is 6.34. The second-order valence-corrected chi connectivity index (χ2v) is 7.52. The highest BCUT2D eigenvalue weighted by molar-refractivity contribution is 7.98. The lowest BCUT2D eigenvalue weighted by molar-refractivity contribution is 0.323. The van der Waals surface area contributed by atoms with E-state index < -0.39 is 35.4 Å². The zero-order valence-electron chi connectivity index (χ0n) is 16.6. The maximum absolute atomic E-state index is 14.2. The molecule has 3 aromatic rings. The summed E-state index contributed by atoms with van der Waals surface area (Å²) >= 11 is 7.10. The number of benzene rings is 1. The summed E-state index contributed by atoms with van der Waals surface area (Å²) in [6, 6.07) is 1.02. The molecule has 0 saturated carbocycles. The van der Waals surface area contributed by atoms with Gasteiger partial charge < -0.3 is 4.74 Å². The van der Waals surface area contributed by atoms with Crippen molar-refractivity contribution in [1.82, 2.24) is 19.1 Å². The lowest BCUT2D eigenvalue weighted by Crippen LogP contribution is -2.42. The van der Waals surface area contributed by atoms with Crippen LogP contribution in [0.15, 0.2) is 51.9 Å². The molecule has 0 saturated heterocycles. The number of hydrogen-bond acceptors (Lipinski definition) is 6. The molecular formula is C20H16ClF3N4O3S. The zero-order chi connectivity index (χ0) is 23.4. The van der Waals surface area contributed by atoms with Gasteiger partial charge >= 0.3 is 11.4 Å². The van der Waals surface area contributed by atoms with Crippen molar-refractivity contribution in [2.75, 3.05) is 12.9 Å². The fraction of sp³-hybridized carbons (Fsp3) is 0.200. The molecule has 0 unspecified atom stereocenters. The maximum atomic E-state index is 14.2. The van der Waals surface area contributed by atoms with Crippen LogP contribution in [0.1, 0.15) is 12.0 Å². The zero-order valence-corrected chi connectivity index (χ0v) is 18.2. The fourth-order valence-electron chi connectivity index (χ4n) is 2.79. The Hall–Kier alpha value is -3.05. The average Bonchev–Trinajstić information content (AvgIpc) is 2.75.